The molecule has 0 radical (unpaired) electrons. The van der Waals surface area contributed by atoms with Gasteiger partial charge < -0.3 is 21.1 Å². The molecular formula is C17H17N3O3S. The van der Waals surface area contributed by atoms with Crippen molar-refractivity contribution < 1.29 is 14.3 Å². The lowest BCUT2D eigenvalue weighted by Gasteiger charge is -2.10. The fourth-order valence-corrected chi connectivity index (χ4v) is 2.21. The van der Waals surface area contributed by atoms with Gasteiger partial charge in [-0.1, -0.05) is 12.1 Å². The molecule has 0 aromatic heterocycles. The van der Waals surface area contributed by atoms with Crippen LogP contribution in [0.25, 0.3) is 0 Å². The number of nitrogens with one attached hydrogen (secondary N) is 2. The van der Waals surface area contributed by atoms with E-state index < -0.39 is 5.91 Å². The van der Waals surface area contributed by atoms with Crippen LogP contribution in [-0.4, -0.2) is 24.0 Å². The topological polar surface area (TPSA) is 93.4 Å². The summed E-state index contributed by atoms with van der Waals surface area (Å²) in [5.74, 6) is -0.000836. The molecule has 0 saturated heterocycles. The maximum atomic E-state index is 12.0. The third-order valence-electron chi connectivity index (χ3n) is 3.20. The van der Waals surface area contributed by atoms with Gasteiger partial charge in [0.2, 0.25) is 11.8 Å². The molecule has 2 amide bonds. The van der Waals surface area contributed by atoms with Crippen LogP contribution in [0.4, 0.5) is 5.69 Å². The summed E-state index contributed by atoms with van der Waals surface area (Å²) in [5.41, 5.74) is 7.07. The number of nitrogens with two attached hydrogens (primary N) is 1. The number of benzene rings is 2. The first-order valence-corrected chi connectivity index (χ1v) is 7.52. The van der Waals surface area contributed by atoms with Gasteiger partial charge >= 0.3 is 0 Å². The predicted octanol–water partition coefficient (Wildman–Crippen LogP) is 1.85. The maximum absolute atomic E-state index is 12.0. The molecule has 24 heavy (non-hydrogen) atoms. The Morgan fingerprint density at radius 3 is 2.25 bits per heavy atom. The van der Waals surface area contributed by atoms with Gasteiger partial charge in [-0.2, -0.15) is 0 Å². The number of carbonyl (C=O) groups is 2. The molecule has 0 bridgehead atoms. The Labute approximate surface area is 145 Å². The van der Waals surface area contributed by atoms with E-state index in [1.165, 1.54) is 0 Å². The van der Waals surface area contributed by atoms with Crippen molar-refractivity contribution in [2.24, 2.45) is 5.73 Å². The molecule has 2 rings (SSSR count). The molecule has 0 atom stereocenters. The molecule has 6 nitrogen and oxygen atoms in total. The van der Waals surface area contributed by atoms with E-state index in [9.17, 15) is 9.59 Å². The van der Waals surface area contributed by atoms with Crippen LogP contribution in [0, 0.1) is 0 Å². The standard InChI is InChI=1S/C17H17N3O3S/c1-23-14-8-2-11(3-9-14)10-15(21)20-17(24)19-13-6-4-12(5-7-13)16(18)22/h2-9H,10H2,1H3,(H2,18,22)(H2,19,20,21,24). The first-order chi connectivity index (χ1) is 11.5. The van der Waals surface area contributed by atoms with E-state index >= 15 is 0 Å². The highest BCUT2D eigenvalue weighted by molar-refractivity contribution is 7.80. The van der Waals surface area contributed by atoms with E-state index in [0.29, 0.717) is 11.3 Å². The second-order valence-corrected chi connectivity index (χ2v) is 5.38. The Bertz CT molecular complexity index is 743. The lowest BCUT2D eigenvalue weighted by Crippen LogP contribution is -2.35. The van der Waals surface area contributed by atoms with Gasteiger partial charge in [0.1, 0.15) is 5.75 Å². The number of carbonyl (C=O) groups excluding carboxylic acids is 2. The highest BCUT2D eigenvalue weighted by atomic mass is 32.1. The molecule has 0 saturated carbocycles. The Hall–Kier alpha value is -2.93. The van der Waals surface area contributed by atoms with Gasteiger partial charge in [0.15, 0.2) is 5.11 Å². The molecule has 0 unspecified atom stereocenters. The number of primary amides is 1. The number of thiocarbonyl (C=S) groups is 1. The normalized spacial score (nSPS) is 9.88. The number of rotatable bonds is 5. The van der Waals surface area contributed by atoms with E-state index in [1.54, 1.807) is 43.5 Å². The number of amides is 2. The molecule has 2 aromatic carbocycles. The first kappa shape index (κ1) is 17.4. The Morgan fingerprint density at radius 1 is 1.08 bits per heavy atom. The highest BCUT2D eigenvalue weighted by Crippen LogP contribution is 2.12. The minimum atomic E-state index is -0.503. The van der Waals surface area contributed by atoms with Crippen molar-refractivity contribution in [2.45, 2.75) is 6.42 Å². The summed E-state index contributed by atoms with van der Waals surface area (Å²) >= 11 is 5.10. The molecule has 2 aromatic rings. The number of ether oxygens (including phenoxy) is 1. The Balaban J connectivity index is 1.86. The fourth-order valence-electron chi connectivity index (χ4n) is 1.98. The molecule has 7 heteroatoms. The minimum absolute atomic E-state index is 0.181. The highest BCUT2D eigenvalue weighted by Gasteiger charge is 2.07. The second-order valence-electron chi connectivity index (χ2n) is 4.97. The summed E-state index contributed by atoms with van der Waals surface area (Å²) in [6.07, 6.45) is 0.201. The van der Waals surface area contributed by atoms with Crippen molar-refractivity contribution in [1.82, 2.24) is 5.32 Å². The van der Waals surface area contributed by atoms with Crippen molar-refractivity contribution in [3.05, 3.63) is 59.7 Å². The molecule has 124 valence electrons. The summed E-state index contributed by atoms with van der Waals surface area (Å²) in [6, 6.07) is 13.7. The molecule has 0 heterocycles. The van der Waals surface area contributed by atoms with Crippen LogP contribution in [0.2, 0.25) is 0 Å². The summed E-state index contributed by atoms with van der Waals surface area (Å²) < 4.78 is 5.07. The third-order valence-corrected chi connectivity index (χ3v) is 3.41. The van der Waals surface area contributed by atoms with Crippen LogP contribution in [-0.2, 0) is 11.2 Å². The van der Waals surface area contributed by atoms with E-state index in [1.807, 2.05) is 12.1 Å². The van der Waals surface area contributed by atoms with Gasteiger partial charge in [-0.05, 0) is 54.2 Å². The van der Waals surface area contributed by atoms with Gasteiger partial charge in [-0.25, -0.2) is 0 Å². The van der Waals surface area contributed by atoms with Crippen molar-refractivity contribution >= 4 is 34.8 Å². The van der Waals surface area contributed by atoms with Crippen LogP contribution in [0.15, 0.2) is 48.5 Å². The van der Waals surface area contributed by atoms with E-state index in [4.69, 9.17) is 22.7 Å². The third kappa shape index (κ3) is 5.06. The van der Waals surface area contributed by atoms with E-state index in [2.05, 4.69) is 10.6 Å². The molecule has 0 aliphatic heterocycles. The van der Waals surface area contributed by atoms with Crippen LogP contribution in [0.1, 0.15) is 15.9 Å². The van der Waals surface area contributed by atoms with E-state index in [-0.39, 0.29) is 17.4 Å². The quantitative estimate of drug-likeness (QED) is 0.721. The van der Waals surface area contributed by atoms with Crippen LogP contribution < -0.4 is 21.1 Å². The fraction of sp³-hybridized carbons (Fsp3) is 0.118. The Kier molecular flexibility index (Phi) is 5.86. The number of hydrogen-bond donors (Lipinski definition) is 3. The molecule has 0 fully saturated rings. The zero-order valence-electron chi connectivity index (χ0n) is 13.0. The van der Waals surface area contributed by atoms with Crippen LogP contribution >= 0.6 is 12.2 Å². The van der Waals surface area contributed by atoms with Gasteiger partial charge in [0.25, 0.3) is 0 Å². The van der Waals surface area contributed by atoms with Gasteiger partial charge in [0.05, 0.1) is 13.5 Å². The average molecular weight is 343 g/mol. The zero-order valence-corrected chi connectivity index (χ0v) is 13.9. The van der Waals surface area contributed by atoms with Crippen molar-refractivity contribution in [1.29, 1.82) is 0 Å². The van der Waals surface area contributed by atoms with Gasteiger partial charge in [-0.3, -0.25) is 9.59 Å². The summed E-state index contributed by atoms with van der Waals surface area (Å²) in [4.78, 5) is 23.0. The summed E-state index contributed by atoms with van der Waals surface area (Å²) in [5, 5.41) is 5.65. The first-order valence-electron chi connectivity index (χ1n) is 7.11. The van der Waals surface area contributed by atoms with Crippen LogP contribution in [0.3, 0.4) is 0 Å². The number of methoxy groups -OCH3 is 1. The number of hydrogen-bond acceptors (Lipinski definition) is 4. The Morgan fingerprint density at radius 2 is 1.71 bits per heavy atom. The second kappa shape index (κ2) is 8.07. The maximum Gasteiger partial charge on any atom is 0.248 e. The molecule has 0 spiro atoms. The van der Waals surface area contributed by atoms with Crippen LogP contribution in [0.5, 0.6) is 5.75 Å². The molecule has 4 N–H and O–H groups in total. The van der Waals surface area contributed by atoms with Gasteiger partial charge in [-0.15, -0.1) is 0 Å². The SMILES string of the molecule is COc1ccc(CC(=O)NC(=S)Nc2ccc(C(N)=O)cc2)cc1. The van der Waals surface area contributed by atoms with Crippen molar-refractivity contribution in [3.63, 3.8) is 0 Å². The largest absolute Gasteiger partial charge is 0.497 e. The summed E-state index contributed by atoms with van der Waals surface area (Å²) in [6.45, 7) is 0. The van der Waals surface area contributed by atoms with Gasteiger partial charge in [0, 0.05) is 11.3 Å². The monoisotopic (exact) mass is 343 g/mol. The lowest BCUT2D eigenvalue weighted by atomic mass is 10.1. The molecule has 0 aliphatic rings. The summed E-state index contributed by atoms with van der Waals surface area (Å²) in [7, 11) is 1.59. The van der Waals surface area contributed by atoms with E-state index in [0.717, 1.165) is 11.3 Å². The average Bonchev–Trinajstić information content (AvgIpc) is 2.55. The smallest absolute Gasteiger partial charge is 0.248 e. The van der Waals surface area contributed by atoms with Crippen molar-refractivity contribution in [3.8, 4) is 5.75 Å². The van der Waals surface area contributed by atoms with Crippen molar-refractivity contribution in [2.75, 3.05) is 12.4 Å². The predicted molar refractivity (Wildman–Crippen MR) is 96.0 cm³/mol. The zero-order chi connectivity index (χ0) is 17.5. The minimum Gasteiger partial charge on any atom is -0.497 e. The molecule has 0 aliphatic carbocycles. The number of anilines is 1. The lowest BCUT2D eigenvalue weighted by molar-refractivity contribution is -0.119. The molecular weight excluding hydrogens is 326 g/mol.